The smallest absolute Gasteiger partial charge is 0.244 e. The molecule has 0 unspecified atom stereocenters. The molecule has 9 heavy (non-hydrogen) atoms. The molecule has 0 fully saturated rings. The summed E-state index contributed by atoms with van der Waals surface area (Å²) in [7, 11) is 0. The van der Waals surface area contributed by atoms with Gasteiger partial charge < -0.3 is 0 Å². The van der Waals surface area contributed by atoms with Crippen molar-refractivity contribution < 1.29 is 0 Å². The topological polar surface area (TPSA) is 58.6 Å². The maximum atomic E-state index is 10.3. The Bertz CT molecular complexity index is 225. The minimum absolute atomic E-state index is 0.417. The Morgan fingerprint density at radius 2 is 2.56 bits per heavy atom. The number of alkyl halides is 1. The molecule has 1 aromatic heterocycles. The zero-order valence-corrected chi connectivity index (χ0v) is 6.05. The number of H-pyrrole nitrogens is 1. The van der Waals surface area contributed by atoms with Gasteiger partial charge in [0, 0.05) is 5.33 Å². The average Bonchev–Trinajstić information content (AvgIpc) is 1.90. The van der Waals surface area contributed by atoms with E-state index in [2.05, 4.69) is 31.1 Å². The molecule has 1 rings (SSSR count). The van der Waals surface area contributed by atoms with Crippen molar-refractivity contribution in [2.24, 2.45) is 0 Å². The van der Waals surface area contributed by atoms with Gasteiger partial charge in [-0.05, 0) is 0 Å². The number of aromatic nitrogens is 3. The first-order valence-corrected chi connectivity index (χ1v) is 3.41. The van der Waals surface area contributed by atoms with Gasteiger partial charge >= 0.3 is 5.69 Å². The highest BCUT2D eigenvalue weighted by molar-refractivity contribution is 9.08. The molecule has 1 N–H and O–H groups in total. The summed E-state index contributed by atoms with van der Waals surface area (Å²) in [5.41, 5.74) is 0.300. The van der Waals surface area contributed by atoms with Crippen molar-refractivity contribution in [1.82, 2.24) is 15.2 Å². The Morgan fingerprint density at radius 3 is 3.00 bits per heavy atom. The van der Waals surface area contributed by atoms with Crippen LogP contribution in [0.25, 0.3) is 0 Å². The third-order valence-corrected chi connectivity index (χ3v) is 1.34. The van der Waals surface area contributed by atoms with Gasteiger partial charge in [-0.1, -0.05) is 15.9 Å². The van der Waals surface area contributed by atoms with Gasteiger partial charge in [0.05, 0.1) is 11.9 Å². The first-order chi connectivity index (χ1) is 4.33. The van der Waals surface area contributed by atoms with Gasteiger partial charge in [0.15, 0.2) is 0 Å². The van der Waals surface area contributed by atoms with Gasteiger partial charge in [-0.15, -0.1) is 0 Å². The summed E-state index contributed by atoms with van der Waals surface area (Å²) < 4.78 is 0. The molecule has 1 heterocycles. The highest BCUT2D eigenvalue weighted by Crippen LogP contribution is 1.93. The summed E-state index contributed by atoms with van der Waals surface area (Å²) in [6, 6.07) is 0. The van der Waals surface area contributed by atoms with Crippen molar-refractivity contribution in [3.8, 4) is 0 Å². The van der Waals surface area contributed by atoms with Gasteiger partial charge in [0.25, 0.3) is 0 Å². The minimum Gasteiger partial charge on any atom is -0.244 e. The fraction of sp³-hybridized carbons (Fsp3) is 0.250. The summed E-state index contributed by atoms with van der Waals surface area (Å²) in [5, 5.41) is 6.46. The van der Waals surface area contributed by atoms with Crippen LogP contribution in [-0.2, 0) is 5.33 Å². The molecule has 4 nitrogen and oxygen atoms in total. The molecule has 0 atom stereocenters. The molecule has 0 spiro atoms. The standard InChI is InChI=1S/C4H4BrN3O/c5-1-3-2-6-4(9)8-7-3/h2H,1H2,(H,6,8,9). The number of rotatable bonds is 1. The maximum Gasteiger partial charge on any atom is 0.361 e. The van der Waals surface area contributed by atoms with E-state index >= 15 is 0 Å². The molecule has 0 aromatic carbocycles. The van der Waals surface area contributed by atoms with E-state index in [0.29, 0.717) is 5.33 Å². The molecular formula is C4H4BrN3O. The molecule has 0 aliphatic rings. The number of nitrogens with one attached hydrogen (secondary N) is 1. The fourth-order valence-electron chi connectivity index (χ4n) is 0.375. The fourth-order valence-corrected chi connectivity index (χ4v) is 0.645. The predicted octanol–water partition coefficient (Wildman–Crippen LogP) is 0.0598. The van der Waals surface area contributed by atoms with Gasteiger partial charge in [0.2, 0.25) is 0 Å². The Morgan fingerprint density at radius 1 is 1.78 bits per heavy atom. The van der Waals surface area contributed by atoms with Crippen molar-refractivity contribution in [2.75, 3.05) is 0 Å². The Hall–Kier alpha value is -0.710. The lowest BCUT2D eigenvalue weighted by Crippen LogP contribution is -2.11. The first kappa shape index (κ1) is 6.41. The van der Waals surface area contributed by atoms with Crippen LogP contribution in [0.2, 0.25) is 0 Å². The highest BCUT2D eigenvalue weighted by atomic mass is 79.9. The van der Waals surface area contributed by atoms with Crippen molar-refractivity contribution in [2.45, 2.75) is 5.33 Å². The summed E-state index contributed by atoms with van der Waals surface area (Å²) in [6.07, 6.45) is 1.42. The molecule has 0 aliphatic carbocycles. The Labute approximate surface area is 59.5 Å². The van der Waals surface area contributed by atoms with Crippen LogP contribution in [-0.4, -0.2) is 15.2 Å². The van der Waals surface area contributed by atoms with Gasteiger partial charge in [-0.2, -0.15) is 10.1 Å². The molecule has 0 saturated heterocycles. The van der Waals surface area contributed by atoms with Crippen LogP contribution in [0.1, 0.15) is 5.69 Å². The van der Waals surface area contributed by atoms with Crippen molar-refractivity contribution in [3.63, 3.8) is 0 Å². The van der Waals surface area contributed by atoms with Gasteiger partial charge in [-0.3, -0.25) is 0 Å². The SMILES string of the molecule is O=c1ncc(CBr)n[nH]1. The highest BCUT2D eigenvalue weighted by Gasteiger charge is 1.88. The normalized spacial score (nSPS) is 9.44. The molecule has 0 radical (unpaired) electrons. The summed E-state index contributed by atoms with van der Waals surface area (Å²) >= 11 is 3.16. The van der Waals surface area contributed by atoms with E-state index in [4.69, 9.17) is 0 Å². The van der Waals surface area contributed by atoms with Gasteiger partial charge in [-0.25, -0.2) is 9.89 Å². The van der Waals surface area contributed by atoms with E-state index in [-0.39, 0.29) is 0 Å². The van der Waals surface area contributed by atoms with E-state index < -0.39 is 5.69 Å². The Kier molecular flexibility index (Phi) is 1.94. The molecule has 48 valence electrons. The first-order valence-electron chi connectivity index (χ1n) is 2.29. The minimum atomic E-state index is -0.417. The second-order valence-electron chi connectivity index (χ2n) is 1.41. The van der Waals surface area contributed by atoms with Crippen LogP contribution in [0, 0.1) is 0 Å². The third-order valence-electron chi connectivity index (χ3n) is 0.763. The lowest BCUT2D eigenvalue weighted by molar-refractivity contribution is 0.875. The third kappa shape index (κ3) is 1.60. The number of hydrogen-bond acceptors (Lipinski definition) is 3. The molecule has 0 aliphatic heterocycles. The van der Waals surface area contributed by atoms with Crippen molar-refractivity contribution >= 4 is 15.9 Å². The molecular weight excluding hydrogens is 186 g/mol. The van der Waals surface area contributed by atoms with Crippen LogP contribution in [0.3, 0.4) is 0 Å². The van der Waals surface area contributed by atoms with Crippen LogP contribution in [0.15, 0.2) is 11.0 Å². The van der Waals surface area contributed by atoms with Crippen LogP contribution in [0.5, 0.6) is 0 Å². The van der Waals surface area contributed by atoms with Crippen molar-refractivity contribution in [3.05, 3.63) is 22.4 Å². The number of aromatic amines is 1. The summed E-state index contributed by atoms with van der Waals surface area (Å²) in [6.45, 7) is 0. The quantitative estimate of drug-likeness (QED) is 0.637. The van der Waals surface area contributed by atoms with Crippen LogP contribution < -0.4 is 5.69 Å². The zero-order chi connectivity index (χ0) is 6.69. The van der Waals surface area contributed by atoms with Gasteiger partial charge in [0.1, 0.15) is 0 Å². The second-order valence-corrected chi connectivity index (χ2v) is 1.97. The number of nitrogens with zero attached hydrogens (tertiary/aromatic N) is 2. The van der Waals surface area contributed by atoms with E-state index in [9.17, 15) is 4.79 Å². The monoisotopic (exact) mass is 189 g/mol. The molecule has 5 heteroatoms. The number of halogens is 1. The van der Waals surface area contributed by atoms with Crippen LogP contribution in [0.4, 0.5) is 0 Å². The molecule has 0 amide bonds. The summed E-state index contributed by atoms with van der Waals surface area (Å²) in [4.78, 5) is 13.7. The zero-order valence-electron chi connectivity index (χ0n) is 4.47. The van der Waals surface area contributed by atoms with E-state index in [1.165, 1.54) is 6.20 Å². The van der Waals surface area contributed by atoms with Crippen LogP contribution >= 0.6 is 15.9 Å². The molecule has 1 aromatic rings. The second kappa shape index (κ2) is 2.72. The maximum absolute atomic E-state index is 10.3. The lowest BCUT2D eigenvalue weighted by Gasteiger charge is -1.86. The predicted molar refractivity (Wildman–Crippen MR) is 35.3 cm³/mol. The van der Waals surface area contributed by atoms with E-state index in [1.54, 1.807) is 0 Å². The van der Waals surface area contributed by atoms with Crippen molar-refractivity contribution in [1.29, 1.82) is 0 Å². The van der Waals surface area contributed by atoms with E-state index in [1.807, 2.05) is 0 Å². The van der Waals surface area contributed by atoms with E-state index in [0.717, 1.165) is 5.69 Å². The lowest BCUT2D eigenvalue weighted by atomic mass is 10.6. The summed E-state index contributed by atoms with van der Waals surface area (Å²) in [5.74, 6) is 0. The molecule has 0 bridgehead atoms. The molecule has 0 saturated carbocycles. The number of hydrogen-bond donors (Lipinski definition) is 1. The average molecular weight is 190 g/mol. The Balaban J connectivity index is 3.02. The largest absolute Gasteiger partial charge is 0.361 e.